The summed E-state index contributed by atoms with van der Waals surface area (Å²) in [5, 5.41) is 19.5. The predicted molar refractivity (Wildman–Crippen MR) is 85.9 cm³/mol. The number of hydrogen-bond acceptors (Lipinski definition) is 5. The molecule has 1 aromatic carbocycles. The van der Waals surface area contributed by atoms with E-state index >= 15 is 0 Å². The van der Waals surface area contributed by atoms with E-state index in [4.69, 9.17) is 9.47 Å². The summed E-state index contributed by atoms with van der Waals surface area (Å²) in [5.41, 5.74) is -0.764. The van der Waals surface area contributed by atoms with Crippen molar-refractivity contribution in [2.24, 2.45) is 0 Å². The Morgan fingerprint density at radius 3 is 2.91 bits per heavy atom. The zero-order valence-corrected chi connectivity index (χ0v) is 13.3. The topological polar surface area (TPSA) is 79.2 Å². The third-order valence-electron chi connectivity index (χ3n) is 3.90. The molecule has 0 unspecified atom stereocenters. The van der Waals surface area contributed by atoms with Gasteiger partial charge >= 0.3 is 0 Å². The van der Waals surface area contributed by atoms with Crippen molar-refractivity contribution in [3.63, 3.8) is 0 Å². The van der Waals surface area contributed by atoms with Gasteiger partial charge in [-0.2, -0.15) is 0 Å². The minimum absolute atomic E-state index is 0.124. The van der Waals surface area contributed by atoms with Gasteiger partial charge in [-0.3, -0.25) is 4.79 Å². The Balaban J connectivity index is 2.17. The third kappa shape index (κ3) is 4.03. The highest BCUT2D eigenvalue weighted by atomic mass is 16.5. The van der Waals surface area contributed by atoms with Crippen molar-refractivity contribution >= 4 is 5.91 Å². The summed E-state index contributed by atoms with van der Waals surface area (Å²) in [5.74, 6) is 0.798. The van der Waals surface area contributed by atoms with Crippen molar-refractivity contribution in [1.82, 2.24) is 4.90 Å². The maximum absolute atomic E-state index is 12.6. The molecule has 2 rings (SSSR count). The number of aliphatic hydroxyl groups excluding tert-OH is 1. The Morgan fingerprint density at radius 2 is 2.26 bits per heavy atom. The van der Waals surface area contributed by atoms with Gasteiger partial charge < -0.3 is 24.6 Å². The van der Waals surface area contributed by atoms with E-state index in [1.165, 1.54) is 7.11 Å². The first kappa shape index (κ1) is 17.3. The number of amides is 1. The summed E-state index contributed by atoms with van der Waals surface area (Å²) in [4.78, 5) is 14.2. The summed E-state index contributed by atoms with van der Waals surface area (Å²) in [6.07, 6.45) is 2.77. The molecule has 1 amide bonds. The number of piperidine rings is 1. The van der Waals surface area contributed by atoms with Crippen molar-refractivity contribution < 1.29 is 24.5 Å². The monoisotopic (exact) mass is 321 g/mol. The normalized spacial score (nSPS) is 20.9. The molecule has 1 aliphatic heterocycles. The maximum Gasteiger partial charge on any atom is 0.254 e. The molecule has 0 radical (unpaired) electrons. The summed E-state index contributed by atoms with van der Waals surface area (Å²) in [7, 11) is 1.51. The standard InChI is InChI=1S/C17H23NO5/c1-3-9-23-14-6-5-13(10-15(14)22-2)16(20)18-8-4-7-17(21,11-18)12-19/h3,5-6,10,19,21H,1,4,7-9,11-12H2,2H3/t17-/m0/s1. The molecule has 1 fully saturated rings. The van der Waals surface area contributed by atoms with Crippen LogP contribution in [-0.4, -0.2) is 60.0 Å². The lowest BCUT2D eigenvalue weighted by Gasteiger charge is -2.38. The van der Waals surface area contributed by atoms with Gasteiger partial charge in [0.05, 0.1) is 20.3 Å². The highest BCUT2D eigenvalue weighted by molar-refractivity contribution is 5.95. The second kappa shape index (κ2) is 7.48. The number of methoxy groups -OCH3 is 1. The smallest absolute Gasteiger partial charge is 0.254 e. The molecule has 23 heavy (non-hydrogen) atoms. The summed E-state index contributed by atoms with van der Waals surface area (Å²) in [6, 6.07) is 4.96. The van der Waals surface area contributed by atoms with Gasteiger partial charge in [0.2, 0.25) is 0 Å². The van der Waals surface area contributed by atoms with E-state index in [2.05, 4.69) is 6.58 Å². The van der Waals surface area contributed by atoms with Crippen molar-refractivity contribution in [2.75, 3.05) is 33.4 Å². The van der Waals surface area contributed by atoms with Crippen LogP contribution in [0.1, 0.15) is 23.2 Å². The van der Waals surface area contributed by atoms with Crippen LogP contribution in [0.2, 0.25) is 0 Å². The van der Waals surface area contributed by atoms with Crippen LogP contribution in [0.5, 0.6) is 11.5 Å². The molecule has 1 aliphatic rings. The average molecular weight is 321 g/mol. The number of ether oxygens (including phenoxy) is 2. The SMILES string of the molecule is C=CCOc1ccc(C(=O)N2CCC[C@@](O)(CO)C2)cc1OC. The van der Waals surface area contributed by atoms with Gasteiger partial charge in [0.15, 0.2) is 11.5 Å². The Hall–Kier alpha value is -2.05. The first-order valence-electron chi connectivity index (χ1n) is 7.57. The van der Waals surface area contributed by atoms with Crippen LogP contribution in [0.25, 0.3) is 0 Å². The largest absolute Gasteiger partial charge is 0.493 e. The van der Waals surface area contributed by atoms with E-state index in [-0.39, 0.29) is 19.1 Å². The van der Waals surface area contributed by atoms with Gasteiger partial charge in [-0.1, -0.05) is 12.7 Å². The van der Waals surface area contributed by atoms with Crippen molar-refractivity contribution in [3.8, 4) is 11.5 Å². The molecule has 0 aliphatic carbocycles. The van der Waals surface area contributed by atoms with Crippen LogP contribution in [0.15, 0.2) is 30.9 Å². The molecular formula is C17H23NO5. The number of carbonyl (C=O) groups is 1. The van der Waals surface area contributed by atoms with E-state index in [0.29, 0.717) is 43.1 Å². The highest BCUT2D eigenvalue weighted by Gasteiger charge is 2.35. The highest BCUT2D eigenvalue weighted by Crippen LogP contribution is 2.29. The zero-order valence-electron chi connectivity index (χ0n) is 13.3. The quantitative estimate of drug-likeness (QED) is 0.770. The van der Waals surface area contributed by atoms with Gasteiger partial charge in [-0.15, -0.1) is 0 Å². The van der Waals surface area contributed by atoms with Crippen molar-refractivity contribution in [1.29, 1.82) is 0 Å². The van der Waals surface area contributed by atoms with Crippen LogP contribution >= 0.6 is 0 Å². The number of aliphatic hydroxyl groups is 2. The molecule has 2 N–H and O–H groups in total. The molecule has 1 heterocycles. The molecule has 1 atom stereocenters. The number of nitrogens with zero attached hydrogens (tertiary/aromatic N) is 1. The molecule has 1 aromatic rings. The summed E-state index contributed by atoms with van der Waals surface area (Å²) in [6.45, 7) is 4.26. The fraction of sp³-hybridized carbons (Fsp3) is 0.471. The van der Waals surface area contributed by atoms with E-state index in [0.717, 1.165) is 0 Å². The first-order chi connectivity index (χ1) is 11.0. The van der Waals surface area contributed by atoms with Crippen LogP contribution in [0.4, 0.5) is 0 Å². The lowest BCUT2D eigenvalue weighted by atomic mass is 9.93. The molecule has 6 heteroatoms. The van der Waals surface area contributed by atoms with Crippen LogP contribution in [-0.2, 0) is 0 Å². The number of rotatable bonds is 6. The van der Waals surface area contributed by atoms with Crippen LogP contribution in [0, 0.1) is 0 Å². The van der Waals surface area contributed by atoms with Gasteiger partial charge in [-0.25, -0.2) is 0 Å². The van der Waals surface area contributed by atoms with Gasteiger partial charge in [-0.05, 0) is 31.0 Å². The molecule has 126 valence electrons. The molecule has 1 saturated heterocycles. The van der Waals surface area contributed by atoms with Gasteiger partial charge in [0.1, 0.15) is 12.2 Å². The Morgan fingerprint density at radius 1 is 1.48 bits per heavy atom. The summed E-state index contributed by atoms with van der Waals surface area (Å²) >= 11 is 0. The Bertz CT molecular complexity index is 574. The minimum atomic E-state index is -1.22. The fourth-order valence-corrected chi connectivity index (χ4v) is 2.67. The second-order valence-electron chi connectivity index (χ2n) is 5.68. The molecular weight excluding hydrogens is 298 g/mol. The zero-order chi connectivity index (χ0) is 16.9. The third-order valence-corrected chi connectivity index (χ3v) is 3.90. The number of carbonyl (C=O) groups excluding carboxylic acids is 1. The van der Waals surface area contributed by atoms with Gasteiger partial charge in [0.25, 0.3) is 5.91 Å². The van der Waals surface area contributed by atoms with Crippen LogP contribution < -0.4 is 9.47 Å². The van der Waals surface area contributed by atoms with Crippen molar-refractivity contribution in [2.45, 2.75) is 18.4 Å². The number of benzene rings is 1. The molecule has 0 spiro atoms. The molecule has 0 saturated carbocycles. The first-order valence-corrected chi connectivity index (χ1v) is 7.57. The van der Waals surface area contributed by atoms with Crippen molar-refractivity contribution in [3.05, 3.63) is 36.4 Å². The van der Waals surface area contributed by atoms with E-state index in [1.807, 2.05) is 0 Å². The molecule has 6 nitrogen and oxygen atoms in total. The van der Waals surface area contributed by atoms with Gasteiger partial charge in [0, 0.05) is 12.1 Å². The number of β-amino-alcohol motifs (C(OH)–C–C–N with tert-alkyl or cyclic N) is 1. The number of likely N-dealkylation sites (tertiary alicyclic amines) is 1. The maximum atomic E-state index is 12.6. The number of hydrogen-bond donors (Lipinski definition) is 2. The fourth-order valence-electron chi connectivity index (χ4n) is 2.67. The summed E-state index contributed by atoms with van der Waals surface area (Å²) < 4.78 is 10.7. The average Bonchev–Trinajstić information content (AvgIpc) is 2.59. The van der Waals surface area contributed by atoms with Crippen LogP contribution in [0.3, 0.4) is 0 Å². The Labute approximate surface area is 135 Å². The lowest BCUT2D eigenvalue weighted by Crippen LogP contribution is -2.52. The lowest BCUT2D eigenvalue weighted by molar-refractivity contribution is -0.0598. The van der Waals surface area contributed by atoms with E-state index < -0.39 is 5.60 Å². The second-order valence-corrected chi connectivity index (χ2v) is 5.68. The molecule has 0 bridgehead atoms. The minimum Gasteiger partial charge on any atom is -0.493 e. The molecule has 0 aromatic heterocycles. The van der Waals surface area contributed by atoms with E-state index in [1.54, 1.807) is 29.2 Å². The van der Waals surface area contributed by atoms with E-state index in [9.17, 15) is 15.0 Å². The Kier molecular flexibility index (Phi) is 5.63. The predicted octanol–water partition coefficient (Wildman–Crippen LogP) is 1.22.